The molecule has 0 bridgehead atoms. The summed E-state index contributed by atoms with van der Waals surface area (Å²) in [5.41, 5.74) is 1.22. The molecule has 2 N–H and O–H groups in total. The number of hydrogen-bond donors (Lipinski definition) is 2. The zero-order valence-corrected chi connectivity index (χ0v) is 18.6. The molecule has 0 amide bonds. The fourth-order valence-corrected chi connectivity index (χ4v) is 2.89. The lowest BCUT2D eigenvalue weighted by molar-refractivity contribution is 0.0893. The van der Waals surface area contributed by atoms with Crippen LogP contribution in [0.3, 0.4) is 0 Å². The second-order valence-electron chi connectivity index (χ2n) is 6.23. The minimum absolute atomic E-state index is 0. The molecule has 2 rings (SSSR count). The molecule has 1 saturated heterocycles. The van der Waals surface area contributed by atoms with Crippen molar-refractivity contribution in [3.8, 4) is 0 Å². The molecule has 1 fully saturated rings. The molecule has 1 heterocycles. The molecule has 5 nitrogen and oxygen atoms in total. The Labute approximate surface area is 179 Å². The first kappa shape index (κ1) is 23.5. The second-order valence-corrected chi connectivity index (χ2v) is 6.66. The van der Waals surface area contributed by atoms with Crippen LogP contribution in [0, 0.1) is 5.92 Å². The van der Waals surface area contributed by atoms with E-state index >= 15 is 0 Å². The summed E-state index contributed by atoms with van der Waals surface area (Å²) < 4.78 is 11.1. The molecule has 1 aliphatic rings. The third kappa shape index (κ3) is 9.94. The lowest BCUT2D eigenvalue weighted by atomic mass is 10.1. The summed E-state index contributed by atoms with van der Waals surface area (Å²) in [4.78, 5) is 4.60. The summed E-state index contributed by atoms with van der Waals surface area (Å²) in [6.45, 7) is 7.79. The van der Waals surface area contributed by atoms with Gasteiger partial charge in [-0.3, -0.25) is 4.99 Å². The van der Waals surface area contributed by atoms with E-state index in [1.54, 1.807) is 0 Å². The quantitative estimate of drug-likeness (QED) is 0.226. The lowest BCUT2D eigenvalue weighted by Gasteiger charge is -2.12. The van der Waals surface area contributed by atoms with Crippen LogP contribution in [0.5, 0.6) is 0 Å². The van der Waals surface area contributed by atoms with Crippen LogP contribution >= 0.6 is 35.6 Å². The van der Waals surface area contributed by atoms with Gasteiger partial charge in [0.25, 0.3) is 0 Å². The average Bonchev–Trinajstić information content (AvgIpc) is 3.11. The van der Waals surface area contributed by atoms with E-state index in [0.29, 0.717) is 5.92 Å². The predicted octanol–water partition coefficient (Wildman–Crippen LogP) is 3.50. The van der Waals surface area contributed by atoms with Gasteiger partial charge in [0.2, 0.25) is 0 Å². The van der Waals surface area contributed by atoms with Crippen molar-refractivity contribution < 1.29 is 9.47 Å². The molecule has 0 aliphatic carbocycles. The van der Waals surface area contributed by atoms with Gasteiger partial charge < -0.3 is 20.1 Å². The van der Waals surface area contributed by atoms with Gasteiger partial charge in [-0.25, -0.2) is 0 Å². The maximum absolute atomic E-state index is 6.01. The molecule has 1 aromatic rings. The van der Waals surface area contributed by atoms with Crippen LogP contribution < -0.4 is 10.6 Å². The number of halogens is 2. The second kappa shape index (κ2) is 14.5. The molecule has 1 aromatic carbocycles. The summed E-state index contributed by atoms with van der Waals surface area (Å²) in [5, 5.41) is 7.41. The highest BCUT2D eigenvalue weighted by Gasteiger charge is 2.15. The van der Waals surface area contributed by atoms with E-state index in [9.17, 15) is 0 Å². The summed E-state index contributed by atoms with van der Waals surface area (Å²) in [6, 6.07) is 7.96. The first-order valence-corrected chi connectivity index (χ1v) is 9.58. The Bertz CT molecular complexity index is 525. The van der Waals surface area contributed by atoms with Crippen molar-refractivity contribution >= 4 is 41.5 Å². The minimum Gasteiger partial charge on any atom is -0.381 e. The Balaban J connectivity index is 0.00000338. The largest absolute Gasteiger partial charge is 0.381 e. The highest BCUT2D eigenvalue weighted by molar-refractivity contribution is 14.0. The molecule has 1 atom stereocenters. The van der Waals surface area contributed by atoms with Crippen molar-refractivity contribution in [3.63, 3.8) is 0 Å². The highest BCUT2D eigenvalue weighted by Crippen LogP contribution is 2.12. The Morgan fingerprint density at radius 3 is 3.00 bits per heavy atom. The number of ether oxygens (including phenoxy) is 2. The van der Waals surface area contributed by atoms with Crippen LogP contribution in [0.4, 0.5) is 0 Å². The summed E-state index contributed by atoms with van der Waals surface area (Å²) >= 11 is 6.01. The van der Waals surface area contributed by atoms with Crippen LogP contribution in [0.25, 0.3) is 0 Å². The van der Waals surface area contributed by atoms with Gasteiger partial charge in [0, 0.05) is 43.8 Å². The minimum atomic E-state index is 0. The van der Waals surface area contributed by atoms with Gasteiger partial charge in [-0.15, -0.1) is 24.0 Å². The molecule has 7 heteroatoms. The van der Waals surface area contributed by atoms with Crippen LogP contribution in [0.2, 0.25) is 5.02 Å². The highest BCUT2D eigenvalue weighted by atomic mass is 127. The monoisotopic (exact) mass is 495 g/mol. The molecule has 148 valence electrons. The van der Waals surface area contributed by atoms with Crippen LogP contribution in [-0.2, 0) is 15.9 Å². The van der Waals surface area contributed by atoms with E-state index < -0.39 is 0 Å². The van der Waals surface area contributed by atoms with Gasteiger partial charge in [0.1, 0.15) is 0 Å². The Morgan fingerprint density at radius 2 is 2.27 bits per heavy atom. The number of nitrogens with zero attached hydrogens (tertiary/aromatic N) is 1. The third-order valence-electron chi connectivity index (χ3n) is 4.03. The summed E-state index contributed by atoms with van der Waals surface area (Å²) in [6.07, 6.45) is 2.97. The molecule has 0 saturated carbocycles. The molecule has 0 aromatic heterocycles. The van der Waals surface area contributed by atoms with Gasteiger partial charge in [-0.05, 0) is 43.9 Å². The number of benzene rings is 1. The lowest BCUT2D eigenvalue weighted by Crippen LogP contribution is -2.38. The van der Waals surface area contributed by atoms with Gasteiger partial charge in [0.05, 0.1) is 13.2 Å². The first-order chi connectivity index (χ1) is 12.3. The Kier molecular flexibility index (Phi) is 13.1. The smallest absolute Gasteiger partial charge is 0.191 e. The van der Waals surface area contributed by atoms with Gasteiger partial charge in [-0.2, -0.15) is 0 Å². The number of guanidine groups is 1. The van der Waals surface area contributed by atoms with E-state index in [1.165, 1.54) is 5.56 Å². The standard InChI is InChI=1S/C19H30ClN3O2.HI/c1-2-21-19(23-10-7-16-5-3-6-18(20)13-16)22-9-4-11-24-14-17-8-12-25-15-17;/h3,5-6,13,17H,2,4,7-12,14-15H2,1H3,(H2,21,22,23);1H. The maximum Gasteiger partial charge on any atom is 0.191 e. The molecule has 26 heavy (non-hydrogen) atoms. The number of nitrogens with one attached hydrogen (secondary N) is 2. The topological polar surface area (TPSA) is 54.9 Å². The maximum atomic E-state index is 6.01. The van der Waals surface area contributed by atoms with Crippen LogP contribution in [-0.4, -0.2) is 52.0 Å². The molecular formula is C19H31ClIN3O2. The van der Waals surface area contributed by atoms with E-state index in [2.05, 4.69) is 28.6 Å². The molecule has 0 radical (unpaired) electrons. The van der Waals surface area contributed by atoms with Gasteiger partial charge in [0.15, 0.2) is 5.96 Å². The first-order valence-electron chi connectivity index (χ1n) is 9.20. The van der Waals surface area contributed by atoms with Crippen molar-refractivity contribution in [3.05, 3.63) is 34.9 Å². The summed E-state index contributed by atoms with van der Waals surface area (Å²) in [5.74, 6) is 1.43. The van der Waals surface area contributed by atoms with Crippen molar-refractivity contribution in [2.45, 2.75) is 26.2 Å². The fraction of sp³-hybridized carbons (Fsp3) is 0.632. The third-order valence-corrected chi connectivity index (χ3v) is 4.27. The Morgan fingerprint density at radius 1 is 1.38 bits per heavy atom. The van der Waals surface area contributed by atoms with Gasteiger partial charge in [-0.1, -0.05) is 23.7 Å². The van der Waals surface area contributed by atoms with Crippen molar-refractivity contribution in [2.75, 3.05) is 46.1 Å². The normalized spacial score (nSPS) is 17.0. The zero-order valence-electron chi connectivity index (χ0n) is 15.5. The molecular weight excluding hydrogens is 465 g/mol. The van der Waals surface area contributed by atoms with E-state index in [4.69, 9.17) is 21.1 Å². The SMILES string of the molecule is CCNC(=NCCCOCC1CCOC1)NCCc1cccc(Cl)c1.I. The van der Waals surface area contributed by atoms with Gasteiger partial charge >= 0.3 is 0 Å². The fourth-order valence-electron chi connectivity index (χ4n) is 2.68. The van der Waals surface area contributed by atoms with Crippen LogP contribution in [0.1, 0.15) is 25.3 Å². The average molecular weight is 496 g/mol. The summed E-state index contributed by atoms with van der Waals surface area (Å²) in [7, 11) is 0. The van der Waals surface area contributed by atoms with Crippen LogP contribution in [0.15, 0.2) is 29.3 Å². The number of hydrogen-bond acceptors (Lipinski definition) is 3. The van der Waals surface area contributed by atoms with E-state index in [1.807, 2.05) is 18.2 Å². The Hall–Kier alpha value is -0.570. The number of rotatable bonds is 10. The molecule has 1 unspecified atom stereocenters. The van der Waals surface area contributed by atoms with Crippen molar-refractivity contribution in [1.82, 2.24) is 10.6 Å². The van der Waals surface area contributed by atoms with E-state index in [-0.39, 0.29) is 24.0 Å². The van der Waals surface area contributed by atoms with E-state index in [0.717, 1.165) is 76.3 Å². The predicted molar refractivity (Wildman–Crippen MR) is 119 cm³/mol. The zero-order chi connectivity index (χ0) is 17.7. The molecule has 1 aliphatic heterocycles. The molecule has 0 spiro atoms. The van der Waals surface area contributed by atoms with Crippen molar-refractivity contribution in [1.29, 1.82) is 0 Å². The van der Waals surface area contributed by atoms with Crippen molar-refractivity contribution in [2.24, 2.45) is 10.9 Å². The number of aliphatic imine (C=N–C) groups is 1.